The number of halogens is 1. The van der Waals surface area contributed by atoms with Crippen LogP contribution < -0.4 is 15.1 Å². The first-order valence-corrected chi connectivity index (χ1v) is 38.4. The van der Waals surface area contributed by atoms with E-state index in [1.165, 1.54) is 67.8 Å². The first-order valence-electron chi connectivity index (χ1n) is 37.6. The number of carbonyl (C=O) groups excluding carboxylic acids is 4. The normalized spacial score (nSPS) is 15.3. The number of amides is 3. The highest BCUT2D eigenvalue weighted by molar-refractivity contribution is 9.10. The number of anilines is 2. The highest BCUT2D eigenvalue weighted by Crippen LogP contribution is 2.30. The molecule has 17 nitrogen and oxygen atoms in total. The number of nitrogens with zero attached hydrogens (tertiary/aromatic N) is 9. The summed E-state index contributed by atoms with van der Waals surface area (Å²) in [6, 6.07) is 65.0. The number of hydrogen-bond donors (Lipinski definition) is 1. The molecule has 18 heteroatoms. The summed E-state index contributed by atoms with van der Waals surface area (Å²) in [5.41, 5.74) is 5.30. The minimum atomic E-state index is -0.460. The van der Waals surface area contributed by atoms with Crippen LogP contribution in [0.2, 0.25) is 0 Å². The number of carbonyl (C=O) groups is 4. The van der Waals surface area contributed by atoms with Crippen LogP contribution in [0.5, 0.6) is 0 Å². The molecular formula is C88H115BrN10O7. The third-order valence-electron chi connectivity index (χ3n) is 19.0. The summed E-state index contributed by atoms with van der Waals surface area (Å²) in [6.07, 6.45) is 14.1. The van der Waals surface area contributed by atoms with Crippen LogP contribution in [-0.2, 0) is 38.6 Å². The standard InChI is InChI=1S/C22H25N3.C20H27N3O2.C18H28N2O2.C10H7Br.C10H17NO3.C8H11N/c1-24(17-18-5-3-2-4-6-18)21-10-13-25(14-11-21)22-8-7-20-16-23-12-9-19(20)15-22;1-20(2,3)25-19(24)22(4)17-8-11-23(12-9-17)18-6-5-16-14-21-10-7-15(16)13-18;1-18(2,3)22-17(21)20-12-10-16(11-13-20)19(4)14-15-8-6-5-7-9-15;11-10-6-5-8-3-1-2-4-9(8)7-10;1-10(2,3)14-9(13)11-6-4-8(12)5-7-11;1-9-7-8-5-3-2-4-6-8/h2-9,12,15-16,21H,10-11,13-14,17H2,1H3;5-7,10,13-14,17H,8-9,11-12H2,1-4H3;5-9,16H,10-14H2,1-4H3;1-7H;4-7H2,1-3H3;2-6,9H,7H2,1H3. The van der Waals surface area contributed by atoms with Gasteiger partial charge in [-0.05, 0) is 209 Å². The summed E-state index contributed by atoms with van der Waals surface area (Å²) < 4.78 is 17.2. The van der Waals surface area contributed by atoms with E-state index in [0.717, 1.165) is 94.4 Å². The van der Waals surface area contributed by atoms with Gasteiger partial charge in [-0.15, -0.1) is 0 Å². The SMILES string of the molecule is Brc1ccc2ccccc2c1.CC(C)(C)OC(=O)N1CCC(=O)CC1.CN(C(=O)OC(C)(C)C)C1CCN(c2ccc3cnccc3c2)CC1.CN(Cc1ccccc1)C1CCN(C(=O)OC(C)(C)C)CC1.CN(Cc1ccccc1)C1CCN(c2ccc3cnccc3c2)CC1.CNCc1ccccc1. The summed E-state index contributed by atoms with van der Waals surface area (Å²) in [5.74, 6) is 0.227. The van der Waals surface area contributed by atoms with E-state index in [4.69, 9.17) is 14.2 Å². The van der Waals surface area contributed by atoms with Crippen molar-refractivity contribution in [3.63, 3.8) is 0 Å². The van der Waals surface area contributed by atoms with Crippen molar-refractivity contribution >= 4 is 83.7 Å². The zero-order valence-corrected chi connectivity index (χ0v) is 66.6. The van der Waals surface area contributed by atoms with Gasteiger partial charge in [-0.25, -0.2) is 14.4 Å². The molecule has 9 aromatic rings. The van der Waals surface area contributed by atoms with Gasteiger partial charge in [0.15, 0.2) is 0 Å². The minimum Gasteiger partial charge on any atom is -0.444 e. The monoisotopic (exact) mass is 1500 g/mol. The highest BCUT2D eigenvalue weighted by Gasteiger charge is 2.31. The van der Waals surface area contributed by atoms with Crippen LogP contribution in [0.15, 0.2) is 211 Å². The molecule has 3 amide bonds. The van der Waals surface area contributed by atoms with Crippen molar-refractivity contribution in [1.82, 2.24) is 39.8 Å². The predicted octanol–water partition coefficient (Wildman–Crippen LogP) is 18.5. The maximum absolute atomic E-state index is 12.2. The van der Waals surface area contributed by atoms with Gasteiger partial charge in [0.05, 0.1) is 0 Å². The number of hydrogen-bond acceptors (Lipinski definition) is 14. The fourth-order valence-corrected chi connectivity index (χ4v) is 13.5. The summed E-state index contributed by atoms with van der Waals surface area (Å²) in [4.78, 5) is 70.1. The highest BCUT2D eigenvalue weighted by atomic mass is 79.9. The lowest BCUT2D eigenvalue weighted by Gasteiger charge is -2.38. The predicted molar refractivity (Wildman–Crippen MR) is 438 cm³/mol. The summed E-state index contributed by atoms with van der Waals surface area (Å²) in [6.45, 7) is 26.5. The van der Waals surface area contributed by atoms with Gasteiger partial charge in [-0.1, -0.05) is 149 Å². The summed E-state index contributed by atoms with van der Waals surface area (Å²) >= 11 is 3.43. The van der Waals surface area contributed by atoms with Crippen molar-refractivity contribution in [3.8, 4) is 0 Å². The van der Waals surface area contributed by atoms with Gasteiger partial charge < -0.3 is 44.0 Å². The molecule has 0 spiro atoms. The van der Waals surface area contributed by atoms with E-state index in [-0.39, 0.29) is 30.1 Å². The van der Waals surface area contributed by atoms with Crippen LogP contribution in [0.4, 0.5) is 25.8 Å². The van der Waals surface area contributed by atoms with Crippen LogP contribution in [0.3, 0.4) is 0 Å². The molecule has 7 aromatic carbocycles. The topological polar surface area (TPSA) is 156 Å². The number of Topliss-reactive ketones (excluding diaryl/α,β-unsaturated/α-hetero) is 1. The molecule has 0 unspecified atom stereocenters. The smallest absolute Gasteiger partial charge is 0.410 e. The molecule has 0 bridgehead atoms. The third kappa shape index (κ3) is 28.1. The van der Waals surface area contributed by atoms with E-state index in [2.05, 4.69) is 217 Å². The van der Waals surface area contributed by atoms with E-state index in [1.807, 2.05) is 136 Å². The molecule has 6 heterocycles. The lowest BCUT2D eigenvalue weighted by Crippen LogP contribution is -2.47. The number of rotatable bonds is 11. The number of aromatic nitrogens is 2. The van der Waals surface area contributed by atoms with Crippen molar-refractivity contribution < 1.29 is 33.4 Å². The first-order chi connectivity index (χ1) is 50.6. The van der Waals surface area contributed by atoms with Crippen LogP contribution in [0.25, 0.3) is 32.3 Å². The molecule has 4 aliphatic heterocycles. The maximum Gasteiger partial charge on any atom is 0.410 e. The van der Waals surface area contributed by atoms with Crippen LogP contribution in [-0.4, -0.2) is 174 Å². The molecule has 106 heavy (non-hydrogen) atoms. The molecule has 2 aromatic heterocycles. The number of nitrogens with one attached hydrogen (secondary N) is 1. The van der Waals surface area contributed by atoms with Gasteiger partial charge in [0.1, 0.15) is 22.6 Å². The Morgan fingerprint density at radius 1 is 0.443 bits per heavy atom. The molecule has 1 N–H and O–H groups in total. The molecule has 13 rings (SSSR count). The van der Waals surface area contributed by atoms with Crippen molar-refractivity contribution in [3.05, 3.63) is 228 Å². The van der Waals surface area contributed by atoms with E-state index in [0.29, 0.717) is 38.0 Å². The van der Waals surface area contributed by atoms with Gasteiger partial charge in [-0.3, -0.25) is 24.6 Å². The van der Waals surface area contributed by atoms with E-state index >= 15 is 0 Å². The number of ether oxygens (including phenoxy) is 3. The fraction of sp³-hybridized carbons (Fsp3) is 0.432. The Labute approximate surface area is 639 Å². The number of ketones is 1. The van der Waals surface area contributed by atoms with E-state index in [1.54, 1.807) is 9.80 Å². The second-order valence-corrected chi connectivity index (χ2v) is 31.8. The zero-order valence-electron chi connectivity index (χ0n) is 65.1. The van der Waals surface area contributed by atoms with Crippen LogP contribution in [0.1, 0.15) is 130 Å². The number of benzene rings is 7. The van der Waals surface area contributed by atoms with Gasteiger partial charge in [0, 0.05) is 161 Å². The lowest BCUT2D eigenvalue weighted by atomic mass is 10.0. The van der Waals surface area contributed by atoms with Gasteiger partial charge >= 0.3 is 18.3 Å². The molecule has 0 atom stereocenters. The maximum atomic E-state index is 12.2. The molecule has 4 fully saturated rings. The number of likely N-dealkylation sites (tertiary alicyclic amines) is 2. The van der Waals surface area contributed by atoms with Gasteiger partial charge in [0.2, 0.25) is 0 Å². The van der Waals surface area contributed by atoms with Crippen molar-refractivity contribution in [1.29, 1.82) is 0 Å². The Morgan fingerprint density at radius 2 is 0.821 bits per heavy atom. The minimum absolute atomic E-state index is 0.184. The van der Waals surface area contributed by atoms with Crippen molar-refractivity contribution in [2.24, 2.45) is 0 Å². The second-order valence-electron chi connectivity index (χ2n) is 30.9. The lowest BCUT2D eigenvalue weighted by molar-refractivity contribution is -0.121. The molecular weight excluding hydrogens is 1390 g/mol. The quantitative estimate of drug-likeness (QED) is 0.122. The fourth-order valence-electron chi connectivity index (χ4n) is 13.1. The third-order valence-corrected chi connectivity index (χ3v) is 19.5. The van der Waals surface area contributed by atoms with E-state index < -0.39 is 16.8 Å². The van der Waals surface area contributed by atoms with Crippen molar-refractivity contribution in [2.75, 3.05) is 90.3 Å². The molecule has 566 valence electrons. The summed E-state index contributed by atoms with van der Waals surface area (Å²) in [5, 5.41) is 10.5. The molecule has 0 saturated carbocycles. The van der Waals surface area contributed by atoms with Crippen molar-refractivity contribution in [2.45, 2.75) is 168 Å². The zero-order chi connectivity index (χ0) is 76.2. The Kier molecular flexibility index (Phi) is 31.7. The van der Waals surface area contributed by atoms with Gasteiger partial charge in [-0.2, -0.15) is 0 Å². The largest absolute Gasteiger partial charge is 0.444 e. The molecule has 4 saturated heterocycles. The molecule has 0 aliphatic carbocycles. The molecule has 0 radical (unpaired) electrons. The Hall–Kier alpha value is -8.94. The Balaban J connectivity index is 0.000000166. The average Bonchev–Trinajstić information content (AvgIpc) is 0.820. The molecule has 4 aliphatic rings. The number of fused-ring (bicyclic) bond motifs is 3. The van der Waals surface area contributed by atoms with Crippen LogP contribution >= 0.6 is 15.9 Å². The second kappa shape index (κ2) is 40.7. The Bertz CT molecular complexity index is 4140. The Morgan fingerprint density at radius 3 is 1.25 bits per heavy atom. The summed E-state index contributed by atoms with van der Waals surface area (Å²) in [7, 11) is 8.22. The van der Waals surface area contributed by atoms with Crippen LogP contribution in [0, 0.1) is 0 Å². The van der Waals surface area contributed by atoms with E-state index in [9.17, 15) is 19.2 Å². The number of piperidine rings is 4. The average molecular weight is 1500 g/mol. The first kappa shape index (κ1) is 82.7. The number of pyridine rings is 2. The van der Waals surface area contributed by atoms with Gasteiger partial charge in [0.25, 0.3) is 0 Å².